The summed E-state index contributed by atoms with van der Waals surface area (Å²) in [7, 11) is -4.03. The summed E-state index contributed by atoms with van der Waals surface area (Å²) >= 11 is 0. The molecule has 21 heavy (non-hydrogen) atoms. The van der Waals surface area contributed by atoms with E-state index < -0.39 is 27.4 Å². The quantitative estimate of drug-likeness (QED) is 0.823. The summed E-state index contributed by atoms with van der Waals surface area (Å²) in [6.07, 6.45) is 0.571. The fourth-order valence-corrected chi connectivity index (χ4v) is 4.42. The lowest BCUT2D eigenvalue weighted by atomic mass is 9.73. The zero-order valence-electron chi connectivity index (χ0n) is 11.0. The number of benzene rings is 1. The number of hydrogen-bond donors (Lipinski definition) is 2. The molecule has 1 aliphatic heterocycles. The van der Waals surface area contributed by atoms with Crippen molar-refractivity contribution in [2.75, 3.05) is 6.61 Å². The van der Waals surface area contributed by atoms with E-state index >= 15 is 0 Å². The van der Waals surface area contributed by atoms with Crippen molar-refractivity contribution in [2.24, 2.45) is 11.7 Å². The average molecular weight is 311 g/mol. The van der Waals surface area contributed by atoms with E-state index in [1.165, 1.54) is 12.1 Å². The molecule has 3 rings (SSSR count). The molecule has 0 aromatic heterocycles. The smallest absolute Gasteiger partial charge is 0.242 e. The van der Waals surface area contributed by atoms with Crippen LogP contribution in [0.2, 0.25) is 0 Å². The van der Waals surface area contributed by atoms with Gasteiger partial charge >= 0.3 is 0 Å². The van der Waals surface area contributed by atoms with Crippen LogP contribution in [0.15, 0.2) is 23.1 Å². The summed E-state index contributed by atoms with van der Waals surface area (Å²) in [4.78, 5) is -0.376. The lowest BCUT2D eigenvalue weighted by Gasteiger charge is -2.45. The Hall–Kier alpha value is -1.53. The highest BCUT2D eigenvalue weighted by atomic mass is 32.2. The van der Waals surface area contributed by atoms with Crippen LogP contribution < -0.4 is 10.5 Å². The van der Waals surface area contributed by atoms with Gasteiger partial charge in [-0.2, -0.15) is 5.26 Å². The lowest BCUT2D eigenvalue weighted by molar-refractivity contribution is -0.00924. The molecule has 2 fully saturated rings. The summed E-state index contributed by atoms with van der Waals surface area (Å²) in [6, 6.07) is 4.20. The Balaban J connectivity index is 1.89. The highest BCUT2D eigenvalue weighted by Gasteiger charge is 2.53. The average Bonchev–Trinajstić information content (AvgIpc) is 2.89. The molecule has 3 N–H and O–H groups in total. The van der Waals surface area contributed by atoms with E-state index in [1.807, 2.05) is 0 Å². The molecular formula is C13H14FN3O3S. The third kappa shape index (κ3) is 2.22. The maximum absolute atomic E-state index is 13.5. The van der Waals surface area contributed by atoms with Gasteiger partial charge in [-0.05, 0) is 18.6 Å². The Labute approximate surface area is 121 Å². The molecule has 0 bridgehead atoms. The molecule has 0 radical (unpaired) electrons. The second-order valence-electron chi connectivity index (χ2n) is 5.24. The molecule has 1 saturated carbocycles. The van der Waals surface area contributed by atoms with Gasteiger partial charge < -0.3 is 10.5 Å². The van der Waals surface area contributed by atoms with Crippen LogP contribution in [0.25, 0.3) is 0 Å². The van der Waals surface area contributed by atoms with E-state index in [2.05, 4.69) is 4.72 Å². The van der Waals surface area contributed by atoms with Crippen molar-refractivity contribution in [3.63, 3.8) is 0 Å². The molecule has 112 valence electrons. The van der Waals surface area contributed by atoms with Crippen LogP contribution in [0.3, 0.4) is 0 Å². The van der Waals surface area contributed by atoms with Crippen LogP contribution >= 0.6 is 0 Å². The molecule has 0 amide bonds. The first kappa shape index (κ1) is 14.4. The van der Waals surface area contributed by atoms with Gasteiger partial charge in [-0.1, -0.05) is 6.07 Å². The number of nitriles is 1. The molecule has 1 aliphatic carbocycles. The first-order valence-electron chi connectivity index (χ1n) is 6.54. The summed E-state index contributed by atoms with van der Waals surface area (Å²) in [5.41, 5.74) is 5.45. The molecule has 0 spiro atoms. The van der Waals surface area contributed by atoms with E-state index in [1.54, 1.807) is 6.07 Å². The van der Waals surface area contributed by atoms with Crippen molar-refractivity contribution in [1.82, 2.24) is 4.72 Å². The molecule has 4 unspecified atom stereocenters. The molecule has 1 aromatic rings. The van der Waals surface area contributed by atoms with Crippen LogP contribution in [0.1, 0.15) is 12.0 Å². The van der Waals surface area contributed by atoms with Crippen LogP contribution in [-0.2, 0) is 14.8 Å². The summed E-state index contributed by atoms with van der Waals surface area (Å²) in [6.45, 7) is 0.560. The van der Waals surface area contributed by atoms with Gasteiger partial charge in [-0.15, -0.1) is 0 Å². The van der Waals surface area contributed by atoms with Gasteiger partial charge in [0.25, 0.3) is 0 Å². The number of hydrogen-bond acceptors (Lipinski definition) is 5. The number of sulfonamides is 1. The molecule has 1 heterocycles. The third-order valence-electron chi connectivity index (χ3n) is 4.11. The fourth-order valence-electron chi connectivity index (χ4n) is 2.97. The predicted octanol–water partition coefficient (Wildman–Crippen LogP) is 0.0903. The van der Waals surface area contributed by atoms with Gasteiger partial charge in [0.15, 0.2) is 0 Å². The number of nitrogens with one attached hydrogen (secondary N) is 1. The molecular weight excluding hydrogens is 297 g/mol. The number of rotatable bonds is 3. The maximum atomic E-state index is 13.5. The van der Waals surface area contributed by atoms with E-state index in [0.717, 1.165) is 12.5 Å². The minimum Gasteiger partial charge on any atom is -0.376 e. The number of ether oxygens (including phenoxy) is 1. The monoisotopic (exact) mass is 311 g/mol. The topological polar surface area (TPSA) is 105 Å². The molecule has 1 saturated heterocycles. The fraction of sp³-hybridized carbons (Fsp3) is 0.462. The Morgan fingerprint density at radius 3 is 2.95 bits per heavy atom. The maximum Gasteiger partial charge on any atom is 0.242 e. The normalized spacial score (nSPS) is 31.3. The Bertz CT molecular complexity index is 716. The second-order valence-corrected chi connectivity index (χ2v) is 6.92. The van der Waals surface area contributed by atoms with Gasteiger partial charge in [0.1, 0.15) is 22.3 Å². The standard InChI is InChI=1S/C13H14FN3O3S/c14-9-2-1-3-10(8(9)6-15)21(18,19)17-12-11(16)7-4-5-20-13(7)12/h1-3,7,11-13,17H,4-5,16H2. The van der Waals surface area contributed by atoms with Gasteiger partial charge in [-0.3, -0.25) is 0 Å². The van der Waals surface area contributed by atoms with Crippen molar-refractivity contribution in [3.05, 3.63) is 29.6 Å². The highest BCUT2D eigenvalue weighted by Crippen LogP contribution is 2.38. The van der Waals surface area contributed by atoms with Crippen LogP contribution in [0.5, 0.6) is 0 Å². The van der Waals surface area contributed by atoms with Gasteiger partial charge in [0.2, 0.25) is 10.0 Å². The second kappa shape index (κ2) is 5.03. The van der Waals surface area contributed by atoms with Gasteiger partial charge in [0.05, 0.1) is 12.1 Å². The van der Waals surface area contributed by atoms with Crippen LogP contribution in [0.4, 0.5) is 4.39 Å². The summed E-state index contributed by atoms with van der Waals surface area (Å²) in [5, 5.41) is 8.94. The molecule has 4 atom stereocenters. The third-order valence-corrected chi connectivity index (χ3v) is 5.62. The van der Waals surface area contributed by atoms with Crippen LogP contribution in [-0.4, -0.2) is 33.2 Å². The van der Waals surface area contributed by atoms with E-state index in [4.69, 9.17) is 15.7 Å². The largest absolute Gasteiger partial charge is 0.376 e. The van der Waals surface area contributed by atoms with Crippen molar-refractivity contribution in [3.8, 4) is 6.07 Å². The Kier molecular flexibility index (Phi) is 3.45. The van der Waals surface area contributed by atoms with Crippen molar-refractivity contribution in [1.29, 1.82) is 5.26 Å². The van der Waals surface area contributed by atoms with Crippen LogP contribution in [0, 0.1) is 23.1 Å². The predicted molar refractivity (Wildman–Crippen MR) is 71.0 cm³/mol. The molecule has 8 heteroatoms. The molecule has 2 aliphatic rings. The Morgan fingerprint density at radius 1 is 1.48 bits per heavy atom. The highest BCUT2D eigenvalue weighted by molar-refractivity contribution is 7.89. The number of nitrogens with zero attached hydrogens (tertiary/aromatic N) is 1. The zero-order chi connectivity index (χ0) is 15.2. The van der Waals surface area contributed by atoms with Crippen molar-refractivity contribution in [2.45, 2.75) is 29.5 Å². The number of nitrogens with two attached hydrogens (primary N) is 1. The van der Waals surface area contributed by atoms with Gasteiger partial charge in [-0.25, -0.2) is 17.5 Å². The number of halogens is 1. The lowest BCUT2D eigenvalue weighted by Crippen LogP contribution is -2.68. The Morgan fingerprint density at radius 2 is 2.24 bits per heavy atom. The minimum absolute atomic E-state index is 0.153. The first-order chi connectivity index (χ1) is 9.95. The molecule has 1 aromatic carbocycles. The van der Waals surface area contributed by atoms with Gasteiger partial charge in [0, 0.05) is 18.6 Å². The number of fused-ring (bicyclic) bond motifs is 1. The van der Waals surface area contributed by atoms with E-state index in [0.29, 0.717) is 6.61 Å². The molecule has 6 nitrogen and oxygen atoms in total. The van der Waals surface area contributed by atoms with Crippen molar-refractivity contribution < 1.29 is 17.5 Å². The minimum atomic E-state index is -4.03. The van der Waals surface area contributed by atoms with Crippen molar-refractivity contribution >= 4 is 10.0 Å². The first-order valence-corrected chi connectivity index (χ1v) is 8.02. The summed E-state index contributed by atoms with van der Waals surface area (Å²) in [5.74, 6) is -0.714. The van der Waals surface area contributed by atoms with E-state index in [-0.39, 0.29) is 23.0 Å². The summed E-state index contributed by atoms with van der Waals surface area (Å²) < 4.78 is 46.2. The zero-order valence-corrected chi connectivity index (χ0v) is 11.8. The van der Waals surface area contributed by atoms with E-state index in [9.17, 15) is 12.8 Å². The SMILES string of the molecule is N#Cc1c(F)cccc1S(=O)(=O)NC1C(N)C2CCOC21.